The van der Waals surface area contributed by atoms with Crippen molar-refractivity contribution in [2.75, 3.05) is 20.3 Å². The number of nitrogens with one attached hydrogen (secondary N) is 1. The highest BCUT2D eigenvalue weighted by Crippen LogP contribution is 2.48. The molecule has 1 unspecified atom stereocenters. The zero-order valence-electron chi connectivity index (χ0n) is 12.7. The molecular formula is C17H23NO3. The molecular weight excluding hydrogens is 266 g/mol. The van der Waals surface area contributed by atoms with E-state index in [9.17, 15) is 0 Å². The van der Waals surface area contributed by atoms with Crippen molar-refractivity contribution in [3.8, 4) is 5.75 Å². The van der Waals surface area contributed by atoms with Gasteiger partial charge in [-0.25, -0.2) is 0 Å². The third-order valence-corrected chi connectivity index (χ3v) is 4.56. The van der Waals surface area contributed by atoms with E-state index in [0.717, 1.165) is 35.4 Å². The summed E-state index contributed by atoms with van der Waals surface area (Å²) in [7, 11) is 1.66. The van der Waals surface area contributed by atoms with E-state index >= 15 is 0 Å². The van der Waals surface area contributed by atoms with Gasteiger partial charge in [-0.1, -0.05) is 12.1 Å². The van der Waals surface area contributed by atoms with Gasteiger partial charge in [-0.3, -0.25) is 0 Å². The highest BCUT2D eigenvalue weighted by atomic mass is 16.5. The van der Waals surface area contributed by atoms with Crippen molar-refractivity contribution in [1.29, 1.82) is 0 Å². The molecule has 2 N–H and O–H groups in total. The molecule has 1 fully saturated rings. The van der Waals surface area contributed by atoms with E-state index in [1.165, 1.54) is 12.8 Å². The molecule has 1 aromatic carbocycles. The Bertz CT molecular complexity index is 616. The number of rotatable bonds is 7. The molecule has 1 heterocycles. The van der Waals surface area contributed by atoms with Gasteiger partial charge in [0.25, 0.3) is 0 Å². The van der Waals surface area contributed by atoms with Gasteiger partial charge in [0, 0.05) is 18.5 Å². The van der Waals surface area contributed by atoms with Crippen LogP contribution in [0.2, 0.25) is 0 Å². The predicted molar refractivity (Wildman–Crippen MR) is 82.6 cm³/mol. The summed E-state index contributed by atoms with van der Waals surface area (Å²) in [4.78, 5) is 0. The zero-order chi connectivity index (χ0) is 14.9. The first kappa shape index (κ1) is 14.4. The number of aliphatic hydroxyl groups excluding tert-OH is 1. The molecule has 1 aliphatic carbocycles. The molecule has 3 rings (SSSR count). The van der Waals surface area contributed by atoms with E-state index in [1.54, 1.807) is 7.11 Å². The maximum atomic E-state index is 9.12. The molecule has 4 heteroatoms. The van der Waals surface area contributed by atoms with Crippen molar-refractivity contribution in [2.45, 2.75) is 32.2 Å². The van der Waals surface area contributed by atoms with Crippen molar-refractivity contribution < 1.29 is 14.3 Å². The van der Waals surface area contributed by atoms with E-state index in [2.05, 4.69) is 18.3 Å². The van der Waals surface area contributed by atoms with Gasteiger partial charge in [0.05, 0.1) is 13.2 Å². The van der Waals surface area contributed by atoms with E-state index in [-0.39, 0.29) is 12.6 Å². The van der Waals surface area contributed by atoms with Gasteiger partial charge in [-0.15, -0.1) is 0 Å². The van der Waals surface area contributed by atoms with Gasteiger partial charge in [-0.2, -0.15) is 0 Å². The second-order valence-electron chi connectivity index (χ2n) is 6.10. The van der Waals surface area contributed by atoms with Crippen molar-refractivity contribution in [1.82, 2.24) is 5.32 Å². The lowest BCUT2D eigenvalue weighted by molar-refractivity contribution is 0.241. The van der Waals surface area contributed by atoms with Crippen molar-refractivity contribution in [2.24, 2.45) is 5.41 Å². The second-order valence-corrected chi connectivity index (χ2v) is 6.10. The number of hydrogen-bond donors (Lipinski definition) is 2. The molecule has 2 aromatic rings. The number of benzene rings is 1. The van der Waals surface area contributed by atoms with Crippen LogP contribution in [0.5, 0.6) is 5.75 Å². The minimum absolute atomic E-state index is 0.151. The number of furan rings is 1. The number of ether oxygens (including phenoxy) is 1. The third-order valence-electron chi connectivity index (χ3n) is 4.56. The maximum absolute atomic E-state index is 9.12. The Hall–Kier alpha value is -1.52. The fraction of sp³-hybridized carbons (Fsp3) is 0.529. The Labute approximate surface area is 125 Å². The molecule has 1 aromatic heterocycles. The lowest BCUT2D eigenvalue weighted by atomic mass is 10.0. The topological polar surface area (TPSA) is 54.6 Å². The summed E-state index contributed by atoms with van der Waals surface area (Å²) >= 11 is 0. The largest absolute Gasteiger partial charge is 0.493 e. The van der Waals surface area contributed by atoms with Crippen LogP contribution in [0.4, 0.5) is 0 Å². The first-order valence-corrected chi connectivity index (χ1v) is 7.58. The molecule has 0 bridgehead atoms. The number of hydrogen-bond acceptors (Lipinski definition) is 4. The van der Waals surface area contributed by atoms with E-state index < -0.39 is 0 Å². The first-order valence-electron chi connectivity index (χ1n) is 7.58. The lowest BCUT2D eigenvalue weighted by Crippen LogP contribution is -2.27. The van der Waals surface area contributed by atoms with Gasteiger partial charge in [0.1, 0.15) is 5.76 Å². The summed E-state index contributed by atoms with van der Waals surface area (Å²) in [5, 5.41) is 13.7. The Kier molecular flexibility index (Phi) is 3.91. The van der Waals surface area contributed by atoms with Crippen LogP contribution in [0.15, 0.2) is 28.7 Å². The van der Waals surface area contributed by atoms with Crippen LogP contribution in [0.1, 0.15) is 38.0 Å². The summed E-state index contributed by atoms with van der Waals surface area (Å²) in [6.07, 6.45) is 3.31. The maximum Gasteiger partial charge on any atom is 0.176 e. The van der Waals surface area contributed by atoms with Crippen LogP contribution in [0, 0.1) is 5.41 Å². The number of fused-ring (bicyclic) bond motifs is 1. The molecule has 0 radical (unpaired) electrons. The number of para-hydroxylation sites is 1. The van der Waals surface area contributed by atoms with Crippen LogP contribution >= 0.6 is 0 Å². The molecule has 1 atom stereocenters. The van der Waals surface area contributed by atoms with Crippen molar-refractivity contribution in [3.05, 3.63) is 30.0 Å². The molecule has 1 saturated carbocycles. The molecule has 114 valence electrons. The fourth-order valence-electron chi connectivity index (χ4n) is 2.83. The lowest BCUT2D eigenvalue weighted by Gasteiger charge is -2.18. The molecule has 0 amide bonds. The minimum atomic E-state index is 0.151. The Balaban J connectivity index is 1.71. The highest BCUT2D eigenvalue weighted by Gasteiger charge is 2.41. The highest BCUT2D eigenvalue weighted by molar-refractivity contribution is 5.83. The summed E-state index contributed by atoms with van der Waals surface area (Å²) in [6.45, 7) is 3.32. The predicted octanol–water partition coefficient (Wildman–Crippen LogP) is 3.25. The van der Waals surface area contributed by atoms with Crippen LogP contribution in [0.25, 0.3) is 11.0 Å². The van der Waals surface area contributed by atoms with Crippen LogP contribution in [-0.4, -0.2) is 25.4 Å². The summed E-state index contributed by atoms with van der Waals surface area (Å²) in [6, 6.07) is 8.14. The van der Waals surface area contributed by atoms with Crippen molar-refractivity contribution >= 4 is 11.0 Å². The number of aliphatic hydroxyl groups is 1. The average Bonchev–Trinajstić information content (AvgIpc) is 3.11. The molecule has 4 nitrogen and oxygen atoms in total. The van der Waals surface area contributed by atoms with Gasteiger partial charge < -0.3 is 19.6 Å². The molecule has 21 heavy (non-hydrogen) atoms. The zero-order valence-corrected chi connectivity index (χ0v) is 12.7. The summed E-state index contributed by atoms with van der Waals surface area (Å²) in [5.74, 6) is 1.69. The standard InChI is InChI=1S/C17H23NO3/c1-12(18-11-17(6-7-17)8-9-19)15-10-13-4-3-5-14(20-2)16(13)21-15/h3-5,10,12,18-19H,6-9,11H2,1-2H3. The molecule has 0 aliphatic heterocycles. The monoisotopic (exact) mass is 289 g/mol. The first-order chi connectivity index (χ1) is 10.2. The molecule has 0 spiro atoms. The van der Waals surface area contributed by atoms with Gasteiger partial charge in [0.2, 0.25) is 0 Å². The second kappa shape index (κ2) is 5.70. The Morgan fingerprint density at radius 3 is 2.90 bits per heavy atom. The van der Waals surface area contributed by atoms with Gasteiger partial charge >= 0.3 is 0 Å². The normalized spacial score (nSPS) is 17.9. The fourth-order valence-corrected chi connectivity index (χ4v) is 2.83. The van der Waals surface area contributed by atoms with E-state index in [4.69, 9.17) is 14.3 Å². The van der Waals surface area contributed by atoms with Crippen LogP contribution < -0.4 is 10.1 Å². The summed E-state index contributed by atoms with van der Waals surface area (Å²) in [5.41, 5.74) is 1.12. The quantitative estimate of drug-likeness (QED) is 0.821. The van der Waals surface area contributed by atoms with Crippen molar-refractivity contribution in [3.63, 3.8) is 0 Å². The smallest absolute Gasteiger partial charge is 0.176 e. The third kappa shape index (κ3) is 2.92. The number of methoxy groups -OCH3 is 1. The van der Waals surface area contributed by atoms with E-state index in [1.807, 2.05) is 18.2 Å². The van der Waals surface area contributed by atoms with Crippen LogP contribution in [0.3, 0.4) is 0 Å². The Morgan fingerprint density at radius 1 is 1.43 bits per heavy atom. The summed E-state index contributed by atoms with van der Waals surface area (Å²) < 4.78 is 11.3. The minimum Gasteiger partial charge on any atom is -0.493 e. The van der Waals surface area contributed by atoms with E-state index in [0.29, 0.717) is 5.41 Å². The van der Waals surface area contributed by atoms with Gasteiger partial charge in [-0.05, 0) is 43.7 Å². The SMILES string of the molecule is COc1cccc2cc(C(C)NCC3(CCO)CC3)oc12. The Morgan fingerprint density at radius 2 is 2.24 bits per heavy atom. The van der Waals surface area contributed by atoms with Crippen LogP contribution in [-0.2, 0) is 0 Å². The molecule has 1 aliphatic rings. The average molecular weight is 289 g/mol. The molecule has 0 saturated heterocycles. The van der Waals surface area contributed by atoms with Gasteiger partial charge in [0.15, 0.2) is 11.3 Å².